The van der Waals surface area contributed by atoms with Gasteiger partial charge in [-0.3, -0.25) is 9.59 Å². The normalized spacial score (nSPS) is 10.5. The number of carbonyl (C=O) groups is 1. The quantitative estimate of drug-likeness (QED) is 0.687. The molecule has 3 rings (SSSR count). The van der Waals surface area contributed by atoms with Crippen molar-refractivity contribution in [3.63, 3.8) is 0 Å². The molecule has 0 radical (unpaired) electrons. The first-order valence-electron chi connectivity index (χ1n) is 9.13. The Labute approximate surface area is 163 Å². The van der Waals surface area contributed by atoms with Crippen molar-refractivity contribution in [1.29, 1.82) is 0 Å². The van der Waals surface area contributed by atoms with E-state index in [2.05, 4.69) is 10.4 Å². The van der Waals surface area contributed by atoms with Gasteiger partial charge in [0.05, 0.1) is 12.2 Å². The second kappa shape index (κ2) is 8.99. The molecule has 0 saturated carbocycles. The van der Waals surface area contributed by atoms with Crippen LogP contribution in [0.2, 0.25) is 0 Å². The summed E-state index contributed by atoms with van der Waals surface area (Å²) in [5.74, 6) is 0.414. The molecule has 6 heteroatoms. The summed E-state index contributed by atoms with van der Waals surface area (Å²) >= 11 is 0. The number of ether oxygens (including phenoxy) is 1. The molecule has 0 atom stereocenters. The SMILES string of the molecule is Cc1ccc(OCC(=O)NCCn2nc(-c3ccccc3)ccc2=O)cc1C. The van der Waals surface area contributed by atoms with E-state index >= 15 is 0 Å². The van der Waals surface area contributed by atoms with Crippen LogP contribution in [0.25, 0.3) is 11.3 Å². The maximum atomic E-state index is 12.0. The number of amides is 1. The smallest absolute Gasteiger partial charge is 0.266 e. The van der Waals surface area contributed by atoms with Crippen LogP contribution >= 0.6 is 0 Å². The average molecular weight is 377 g/mol. The van der Waals surface area contributed by atoms with Crippen LogP contribution in [0.15, 0.2) is 65.5 Å². The van der Waals surface area contributed by atoms with Crippen LogP contribution < -0.4 is 15.6 Å². The molecular weight excluding hydrogens is 354 g/mol. The van der Waals surface area contributed by atoms with Crippen LogP contribution in [0.4, 0.5) is 0 Å². The summed E-state index contributed by atoms with van der Waals surface area (Å²) in [6, 6.07) is 18.5. The molecular formula is C22H23N3O3. The monoisotopic (exact) mass is 377 g/mol. The van der Waals surface area contributed by atoms with Crippen LogP contribution in [-0.2, 0) is 11.3 Å². The van der Waals surface area contributed by atoms with Crippen molar-refractivity contribution in [3.8, 4) is 17.0 Å². The third kappa shape index (κ3) is 5.07. The maximum absolute atomic E-state index is 12.0. The maximum Gasteiger partial charge on any atom is 0.266 e. The predicted molar refractivity (Wildman–Crippen MR) is 108 cm³/mol. The summed E-state index contributed by atoms with van der Waals surface area (Å²) in [4.78, 5) is 24.0. The van der Waals surface area contributed by atoms with E-state index in [0.29, 0.717) is 18.0 Å². The lowest BCUT2D eigenvalue weighted by Gasteiger charge is -2.10. The molecule has 0 bridgehead atoms. The molecule has 0 aliphatic heterocycles. The summed E-state index contributed by atoms with van der Waals surface area (Å²) in [5.41, 5.74) is 3.72. The molecule has 2 aromatic carbocycles. The minimum absolute atomic E-state index is 0.0745. The average Bonchev–Trinajstić information content (AvgIpc) is 2.71. The molecule has 0 aliphatic rings. The zero-order valence-electron chi connectivity index (χ0n) is 16.0. The van der Waals surface area contributed by atoms with Crippen molar-refractivity contribution < 1.29 is 9.53 Å². The summed E-state index contributed by atoms with van der Waals surface area (Å²) < 4.78 is 6.86. The van der Waals surface area contributed by atoms with E-state index in [9.17, 15) is 9.59 Å². The molecule has 1 aromatic heterocycles. The Morgan fingerprint density at radius 1 is 1.04 bits per heavy atom. The number of hydrogen-bond donors (Lipinski definition) is 1. The molecule has 0 fully saturated rings. The molecule has 0 saturated heterocycles. The lowest BCUT2D eigenvalue weighted by Crippen LogP contribution is -2.34. The molecule has 6 nitrogen and oxygen atoms in total. The first-order valence-corrected chi connectivity index (χ1v) is 9.13. The van der Waals surface area contributed by atoms with E-state index in [-0.39, 0.29) is 24.6 Å². The number of aryl methyl sites for hydroxylation is 2. The molecule has 1 heterocycles. The highest BCUT2D eigenvalue weighted by Crippen LogP contribution is 2.16. The molecule has 0 spiro atoms. The van der Waals surface area contributed by atoms with Crippen molar-refractivity contribution in [3.05, 3.63) is 82.1 Å². The lowest BCUT2D eigenvalue weighted by molar-refractivity contribution is -0.123. The molecule has 0 aliphatic carbocycles. The first-order chi connectivity index (χ1) is 13.5. The number of nitrogens with one attached hydrogen (secondary N) is 1. The van der Waals surface area contributed by atoms with Gasteiger partial charge >= 0.3 is 0 Å². The van der Waals surface area contributed by atoms with Gasteiger partial charge in [0.15, 0.2) is 6.61 Å². The Bertz CT molecular complexity index is 1010. The van der Waals surface area contributed by atoms with E-state index in [1.54, 1.807) is 6.07 Å². The molecule has 28 heavy (non-hydrogen) atoms. The van der Waals surface area contributed by atoms with Crippen LogP contribution in [-0.4, -0.2) is 28.8 Å². The van der Waals surface area contributed by atoms with E-state index in [1.807, 2.05) is 62.4 Å². The fraction of sp³-hybridized carbons (Fsp3) is 0.227. The molecule has 1 amide bonds. The topological polar surface area (TPSA) is 73.2 Å². The van der Waals surface area contributed by atoms with Gasteiger partial charge in [-0.15, -0.1) is 0 Å². The van der Waals surface area contributed by atoms with Gasteiger partial charge in [0, 0.05) is 18.2 Å². The number of benzene rings is 2. The standard InChI is InChI=1S/C22H23N3O3/c1-16-8-9-19(14-17(16)2)28-15-21(26)23-12-13-25-22(27)11-10-20(24-25)18-6-4-3-5-7-18/h3-11,14H,12-13,15H2,1-2H3,(H,23,26). The summed E-state index contributed by atoms with van der Waals surface area (Å²) in [5, 5.41) is 7.12. The highest BCUT2D eigenvalue weighted by Gasteiger charge is 2.06. The van der Waals surface area contributed by atoms with Crippen LogP contribution in [0.3, 0.4) is 0 Å². The van der Waals surface area contributed by atoms with Gasteiger partial charge in [0.1, 0.15) is 5.75 Å². The van der Waals surface area contributed by atoms with Crippen molar-refractivity contribution in [2.45, 2.75) is 20.4 Å². The zero-order valence-corrected chi connectivity index (χ0v) is 16.0. The number of carbonyl (C=O) groups excluding carboxylic acids is 1. The Morgan fingerprint density at radius 3 is 2.57 bits per heavy atom. The van der Waals surface area contributed by atoms with Gasteiger partial charge in [-0.1, -0.05) is 36.4 Å². The van der Waals surface area contributed by atoms with Crippen molar-refractivity contribution >= 4 is 5.91 Å². The van der Waals surface area contributed by atoms with E-state index in [4.69, 9.17) is 4.74 Å². The third-order valence-corrected chi connectivity index (χ3v) is 4.43. The van der Waals surface area contributed by atoms with Gasteiger partial charge < -0.3 is 10.1 Å². The zero-order chi connectivity index (χ0) is 19.9. The van der Waals surface area contributed by atoms with Gasteiger partial charge in [0.2, 0.25) is 0 Å². The van der Waals surface area contributed by atoms with Crippen molar-refractivity contribution in [1.82, 2.24) is 15.1 Å². The molecule has 3 aromatic rings. The Balaban J connectivity index is 1.52. The van der Waals surface area contributed by atoms with Gasteiger partial charge in [-0.05, 0) is 43.2 Å². The lowest BCUT2D eigenvalue weighted by atomic mass is 10.1. The predicted octanol–water partition coefficient (Wildman–Crippen LogP) is 2.72. The number of rotatable bonds is 7. The summed E-state index contributed by atoms with van der Waals surface area (Å²) in [6.07, 6.45) is 0. The minimum Gasteiger partial charge on any atom is -0.484 e. The van der Waals surface area contributed by atoms with Crippen LogP contribution in [0, 0.1) is 13.8 Å². The van der Waals surface area contributed by atoms with Gasteiger partial charge in [0.25, 0.3) is 11.5 Å². The van der Waals surface area contributed by atoms with Gasteiger partial charge in [-0.25, -0.2) is 4.68 Å². The largest absolute Gasteiger partial charge is 0.484 e. The third-order valence-electron chi connectivity index (χ3n) is 4.43. The molecule has 1 N–H and O–H groups in total. The molecule has 0 unspecified atom stereocenters. The summed E-state index contributed by atoms with van der Waals surface area (Å²) in [6.45, 7) is 4.52. The highest BCUT2D eigenvalue weighted by molar-refractivity contribution is 5.77. The second-order valence-corrected chi connectivity index (χ2v) is 6.53. The number of hydrogen-bond acceptors (Lipinski definition) is 4. The van der Waals surface area contributed by atoms with Crippen LogP contribution in [0.1, 0.15) is 11.1 Å². The first kappa shape index (κ1) is 19.4. The fourth-order valence-electron chi connectivity index (χ4n) is 2.68. The van der Waals surface area contributed by atoms with Gasteiger partial charge in [-0.2, -0.15) is 5.10 Å². The van der Waals surface area contributed by atoms with Crippen molar-refractivity contribution in [2.24, 2.45) is 0 Å². The summed E-state index contributed by atoms with van der Waals surface area (Å²) in [7, 11) is 0. The van der Waals surface area contributed by atoms with Crippen LogP contribution in [0.5, 0.6) is 5.75 Å². The number of aromatic nitrogens is 2. The van der Waals surface area contributed by atoms with E-state index < -0.39 is 0 Å². The minimum atomic E-state index is -0.245. The molecule has 144 valence electrons. The number of nitrogens with zero attached hydrogens (tertiary/aromatic N) is 2. The Kier molecular flexibility index (Phi) is 6.22. The Morgan fingerprint density at radius 2 is 1.82 bits per heavy atom. The fourth-order valence-corrected chi connectivity index (χ4v) is 2.68. The van der Waals surface area contributed by atoms with Crippen molar-refractivity contribution in [2.75, 3.05) is 13.2 Å². The Hall–Kier alpha value is -3.41. The highest BCUT2D eigenvalue weighted by atomic mass is 16.5. The second-order valence-electron chi connectivity index (χ2n) is 6.53. The van der Waals surface area contributed by atoms with E-state index in [0.717, 1.165) is 11.1 Å². The van der Waals surface area contributed by atoms with E-state index in [1.165, 1.54) is 16.3 Å².